The summed E-state index contributed by atoms with van der Waals surface area (Å²) in [5.74, 6) is 0.711. The van der Waals surface area contributed by atoms with Gasteiger partial charge in [0.05, 0.1) is 0 Å². The van der Waals surface area contributed by atoms with Crippen LogP contribution in [0.5, 0.6) is 0 Å². The third-order valence-corrected chi connectivity index (χ3v) is 4.62. The van der Waals surface area contributed by atoms with E-state index in [1.54, 1.807) is 6.92 Å². The molecule has 2 rings (SSSR count). The van der Waals surface area contributed by atoms with Crippen LogP contribution in [0.15, 0.2) is 18.2 Å². The average Bonchev–Trinajstić information content (AvgIpc) is 2.41. The largest absolute Gasteiger partial charge is 0.343 e. The van der Waals surface area contributed by atoms with Gasteiger partial charge in [-0.15, -0.1) is 0 Å². The molecule has 1 aromatic carbocycles. The van der Waals surface area contributed by atoms with E-state index in [4.69, 9.17) is 0 Å². The van der Waals surface area contributed by atoms with E-state index in [0.29, 0.717) is 12.0 Å². The van der Waals surface area contributed by atoms with Crippen molar-refractivity contribution in [1.29, 1.82) is 0 Å². The monoisotopic (exact) mass is 274 g/mol. The maximum Gasteiger partial charge on any atom is 0.219 e. The lowest BCUT2D eigenvalue weighted by Gasteiger charge is -2.37. The molecular formula is C17H26N2O. The van der Waals surface area contributed by atoms with Crippen molar-refractivity contribution in [2.24, 2.45) is 5.92 Å². The standard InChI is InChI=1S/C17H26N2O/c1-12-6-5-7-16(14(12)3)10-18-17-8-9-19(15(4)20)11-13(17)2/h5-7,13,17-18H,8-11H2,1-4H3. The van der Waals surface area contributed by atoms with Gasteiger partial charge in [-0.3, -0.25) is 4.79 Å². The highest BCUT2D eigenvalue weighted by molar-refractivity contribution is 5.73. The van der Waals surface area contributed by atoms with E-state index < -0.39 is 0 Å². The number of carbonyl (C=O) groups excluding carboxylic acids is 1. The predicted octanol–water partition coefficient (Wildman–Crippen LogP) is 2.65. The van der Waals surface area contributed by atoms with Crippen LogP contribution in [0.4, 0.5) is 0 Å². The first-order valence-corrected chi connectivity index (χ1v) is 7.53. The summed E-state index contributed by atoms with van der Waals surface area (Å²) in [6, 6.07) is 6.99. The Morgan fingerprint density at radius 2 is 2.15 bits per heavy atom. The van der Waals surface area contributed by atoms with Crippen molar-refractivity contribution in [3.63, 3.8) is 0 Å². The summed E-state index contributed by atoms with van der Waals surface area (Å²) in [4.78, 5) is 13.4. The van der Waals surface area contributed by atoms with Crippen LogP contribution >= 0.6 is 0 Å². The lowest BCUT2D eigenvalue weighted by Crippen LogP contribution is -2.49. The molecule has 1 amide bonds. The lowest BCUT2D eigenvalue weighted by atomic mass is 9.93. The molecule has 1 fully saturated rings. The number of piperidine rings is 1. The second-order valence-corrected chi connectivity index (χ2v) is 6.08. The van der Waals surface area contributed by atoms with E-state index in [1.165, 1.54) is 16.7 Å². The summed E-state index contributed by atoms with van der Waals surface area (Å²) in [6.07, 6.45) is 1.05. The Morgan fingerprint density at radius 3 is 2.80 bits per heavy atom. The van der Waals surface area contributed by atoms with Crippen molar-refractivity contribution in [2.75, 3.05) is 13.1 Å². The van der Waals surface area contributed by atoms with Crippen LogP contribution in [-0.2, 0) is 11.3 Å². The highest BCUT2D eigenvalue weighted by atomic mass is 16.2. The number of carbonyl (C=O) groups is 1. The third kappa shape index (κ3) is 3.40. The molecule has 2 unspecified atom stereocenters. The number of benzene rings is 1. The smallest absolute Gasteiger partial charge is 0.219 e. The van der Waals surface area contributed by atoms with Crippen LogP contribution in [0.2, 0.25) is 0 Å². The van der Waals surface area contributed by atoms with Crippen LogP contribution in [0, 0.1) is 19.8 Å². The third-order valence-electron chi connectivity index (χ3n) is 4.62. The molecule has 1 aromatic rings. The fraction of sp³-hybridized carbons (Fsp3) is 0.588. The van der Waals surface area contributed by atoms with Crippen LogP contribution in [0.25, 0.3) is 0 Å². The van der Waals surface area contributed by atoms with Crippen molar-refractivity contribution >= 4 is 5.91 Å². The highest BCUT2D eigenvalue weighted by Crippen LogP contribution is 2.18. The molecule has 1 aliphatic heterocycles. The lowest BCUT2D eigenvalue weighted by molar-refractivity contribution is -0.130. The van der Waals surface area contributed by atoms with E-state index >= 15 is 0 Å². The number of rotatable bonds is 3. The molecule has 0 bridgehead atoms. The van der Waals surface area contributed by atoms with Crippen molar-refractivity contribution in [2.45, 2.75) is 46.7 Å². The Morgan fingerprint density at radius 1 is 1.40 bits per heavy atom. The van der Waals surface area contributed by atoms with Gasteiger partial charge in [0.1, 0.15) is 0 Å². The molecule has 20 heavy (non-hydrogen) atoms. The van der Waals surface area contributed by atoms with Gasteiger partial charge >= 0.3 is 0 Å². The average molecular weight is 274 g/mol. The second kappa shape index (κ2) is 6.40. The summed E-state index contributed by atoms with van der Waals surface area (Å²) in [6.45, 7) is 10.9. The summed E-state index contributed by atoms with van der Waals surface area (Å²) < 4.78 is 0. The minimum Gasteiger partial charge on any atom is -0.343 e. The van der Waals surface area contributed by atoms with Crippen molar-refractivity contribution in [1.82, 2.24) is 10.2 Å². The van der Waals surface area contributed by atoms with Crippen LogP contribution in [-0.4, -0.2) is 29.9 Å². The number of nitrogens with one attached hydrogen (secondary N) is 1. The van der Waals surface area contributed by atoms with Gasteiger partial charge in [0, 0.05) is 32.6 Å². The zero-order valence-electron chi connectivity index (χ0n) is 13.1. The number of likely N-dealkylation sites (tertiary alicyclic amines) is 1. The molecule has 1 N–H and O–H groups in total. The first-order valence-electron chi connectivity index (χ1n) is 7.53. The molecule has 0 aliphatic carbocycles. The Labute approximate surface area is 122 Å². The van der Waals surface area contributed by atoms with Crippen molar-refractivity contribution in [3.05, 3.63) is 34.9 Å². The van der Waals surface area contributed by atoms with Gasteiger partial charge in [-0.05, 0) is 42.9 Å². The number of amides is 1. The maximum atomic E-state index is 11.4. The molecule has 0 spiro atoms. The fourth-order valence-electron chi connectivity index (χ4n) is 2.98. The highest BCUT2D eigenvalue weighted by Gasteiger charge is 2.26. The zero-order valence-corrected chi connectivity index (χ0v) is 13.1. The summed E-state index contributed by atoms with van der Waals surface area (Å²) in [7, 11) is 0. The number of hydrogen-bond acceptors (Lipinski definition) is 2. The fourth-order valence-corrected chi connectivity index (χ4v) is 2.98. The summed E-state index contributed by atoms with van der Waals surface area (Å²) in [5, 5.41) is 3.68. The molecule has 2 atom stereocenters. The number of nitrogens with zero attached hydrogens (tertiary/aromatic N) is 1. The van der Waals surface area contributed by atoms with E-state index in [9.17, 15) is 4.79 Å². The van der Waals surface area contributed by atoms with Crippen LogP contribution in [0.1, 0.15) is 37.0 Å². The van der Waals surface area contributed by atoms with Gasteiger partial charge in [-0.2, -0.15) is 0 Å². The van der Waals surface area contributed by atoms with Crippen LogP contribution in [0.3, 0.4) is 0 Å². The quantitative estimate of drug-likeness (QED) is 0.919. The Bertz CT molecular complexity index is 484. The molecule has 1 saturated heterocycles. The Balaban J connectivity index is 1.92. The zero-order chi connectivity index (χ0) is 14.7. The van der Waals surface area contributed by atoms with E-state index in [0.717, 1.165) is 26.1 Å². The minimum absolute atomic E-state index is 0.199. The van der Waals surface area contributed by atoms with Gasteiger partial charge < -0.3 is 10.2 Å². The SMILES string of the molecule is CC(=O)N1CCC(NCc2cccc(C)c2C)C(C)C1. The predicted molar refractivity (Wildman–Crippen MR) is 82.6 cm³/mol. The minimum atomic E-state index is 0.199. The first-order chi connectivity index (χ1) is 9.49. The molecule has 1 heterocycles. The van der Waals surface area contributed by atoms with Gasteiger partial charge in [0.2, 0.25) is 5.91 Å². The molecule has 0 aromatic heterocycles. The summed E-state index contributed by atoms with van der Waals surface area (Å²) >= 11 is 0. The summed E-state index contributed by atoms with van der Waals surface area (Å²) in [5.41, 5.74) is 4.11. The molecule has 0 radical (unpaired) electrons. The Kier molecular flexibility index (Phi) is 4.81. The van der Waals surface area contributed by atoms with E-state index in [1.807, 2.05) is 4.90 Å². The van der Waals surface area contributed by atoms with Crippen molar-refractivity contribution < 1.29 is 4.79 Å². The van der Waals surface area contributed by atoms with Crippen molar-refractivity contribution in [3.8, 4) is 0 Å². The normalized spacial score (nSPS) is 22.9. The van der Waals surface area contributed by atoms with Gasteiger partial charge in [0.15, 0.2) is 0 Å². The first kappa shape index (κ1) is 15.0. The van der Waals surface area contributed by atoms with Crippen LogP contribution < -0.4 is 5.32 Å². The maximum absolute atomic E-state index is 11.4. The molecule has 110 valence electrons. The molecule has 0 saturated carbocycles. The number of hydrogen-bond donors (Lipinski definition) is 1. The van der Waals surface area contributed by atoms with Gasteiger partial charge in [-0.1, -0.05) is 25.1 Å². The van der Waals surface area contributed by atoms with E-state index in [2.05, 4.69) is 44.3 Å². The van der Waals surface area contributed by atoms with Gasteiger partial charge in [-0.25, -0.2) is 0 Å². The van der Waals surface area contributed by atoms with Gasteiger partial charge in [0.25, 0.3) is 0 Å². The van der Waals surface area contributed by atoms with E-state index in [-0.39, 0.29) is 5.91 Å². The second-order valence-electron chi connectivity index (χ2n) is 6.08. The topological polar surface area (TPSA) is 32.3 Å². The number of aryl methyl sites for hydroxylation is 1. The molecule has 3 heteroatoms. The molecule has 3 nitrogen and oxygen atoms in total. The molecule has 1 aliphatic rings. The Hall–Kier alpha value is -1.35. The molecular weight excluding hydrogens is 248 g/mol.